The van der Waals surface area contributed by atoms with Crippen molar-refractivity contribution in [3.8, 4) is 0 Å². The summed E-state index contributed by atoms with van der Waals surface area (Å²) in [5.74, 6) is -0.00479. The number of anilines is 1. The van der Waals surface area contributed by atoms with Gasteiger partial charge in [-0.3, -0.25) is 4.79 Å². The van der Waals surface area contributed by atoms with Gasteiger partial charge < -0.3 is 10.6 Å². The number of benzene rings is 1. The molecule has 1 aromatic rings. The molecule has 1 aliphatic carbocycles. The van der Waals surface area contributed by atoms with Crippen molar-refractivity contribution in [3.63, 3.8) is 0 Å². The third-order valence-electron chi connectivity index (χ3n) is 4.36. The van der Waals surface area contributed by atoms with Crippen LogP contribution in [0, 0.1) is 11.7 Å². The van der Waals surface area contributed by atoms with Crippen LogP contribution in [0.4, 0.5) is 10.1 Å². The van der Waals surface area contributed by atoms with Gasteiger partial charge in [-0.25, -0.2) is 4.39 Å². The third-order valence-corrected chi connectivity index (χ3v) is 4.36. The summed E-state index contributed by atoms with van der Waals surface area (Å²) in [5.41, 5.74) is 0.707. The molecule has 2 rings (SSSR count). The first-order valence-corrected chi connectivity index (χ1v) is 8.00. The van der Waals surface area contributed by atoms with Crippen LogP contribution >= 0.6 is 0 Å². The lowest BCUT2D eigenvalue weighted by Gasteiger charge is -2.31. The fourth-order valence-corrected chi connectivity index (χ4v) is 3.20. The first-order chi connectivity index (χ1) is 10.2. The Hall–Kier alpha value is -1.58. The summed E-state index contributed by atoms with van der Waals surface area (Å²) in [7, 11) is 0. The molecule has 116 valence electrons. The van der Waals surface area contributed by atoms with Crippen LogP contribution in [0.25, 0.3) is 0 Å². The summed E-state index contributed by atoms with van der Waals surface area (Å²) in [5, 5.41) is 6.07. The van der Waals surface area contributed by atoms with E-state index in [1.54, 1.807) is 12.1 Å². The van der Waals surface area contributed by atoms with E-state index in [9.17, 15) is 9.18 Å². The van der Waals surface area contributed by atoms with Crippen molar-refractivity contribution in [1.82, 2.24) is 5.32 Å². The Kier molecular flexibility index (Phi) is 5.59. The summed E-state index contributed by atoms with van der Waals surface area (Å²) in [6, 6.07) is 4.86. The van der Waals surface area contributed by atoms with Gasteiger partial charge in [0.2, 0.25) is 0 Å². The van der Waals surface area contributed by atoms with E-state index in [1.165, 1.54) is 18.9 Å². The number of nitrogens with one attached hydrogen (secondary N) is 2. The van der Waals surface area contributed by atoms with Gasteiger partial charge in [0, 0.05) is 12.6 Å². The van der Waals surface area contributed by atoms with Crippen LogP contribution in [0.1, 0.15) is 56.3 Å². The third kappa shape index (κ3) is 3.74. The predicted octanol–water partition coefficient (Wildman–Crippen LogP) is 3.96. The van der Waals surface area contributed by atoms with Gasteiger partial charge in [0.25, 0.3) is 5.91 Å². The van der Waals surface area contributed by atoms with E-state index in [0.29, 0.717) is 23.7 Å². The quantitative estimate of drug-likeness (QED) is 0.862. The number of carbonyl (C=O) groups excluding carboxylic acids is 1. The summed E-state index contributed by atoms with van der Waals surface area (Å²) >= 11 is 0. The minimum atomic E-state index is -0.375. The van der Waals surface area contributed by atoms with Gasteiger partial charge in [-0.05, 0) is 37.8 Å². The van der Waals surface area contributed by atoms with Crippen molar-refractivity contribution in [1.29, 1.82) is 0 Å². The molecule has 1 aromatic carbocycles. The van der Waals surface area contributed by atoms with Crippen LogP contribution < -0.4 is 10.6 Å². The number of carbonyl (C=O) groups is 1. The van der Waals surface area contributed by atoms with Gasteiger partial charge >= 0.3 is 0 Å². The van der Waals surface area contributed by atoms with Gasteiger partial charge in [0.05, 0.1) is 11.3 Å². The molecule has 1 saturated carbocycles. The topological polar surface area (TPSA) is 41.1 Å². The molecule has 3 nitrogen and oxygen atoms in total. The van der Waals surface area contributed by atoms with Gasteiger partial charge in [0.1, 0.15) is 5.82 Å². The van der Waals surface area contributed by atoms with Crippen LogP contribution in [-0.2, 0) is 0 Å². The standard InChI is InChI=1S/C17H25FN2O/c1-3-12-8-5-6-11-15(12)20-17(21)13-9-7-10-14(18)16(13)19-4-2/h7,9-10,12,15,19H,3-6,8,11H2,1-2H3,(H,20,21). The molecule has 2 unspecified atom stereocenters. The summed E-state index contributed by atoms with van der Waals surface area (Å²) in [4.78, 5) is 12.5. The van der Waals surface area contributed by atoms with Crippen molar-refractivity contribution in [3.05, 3.63) is 29.6 Å². The molecule has 0 aliphatic heterocycles. The van der Waals surface area contributed by atoms with Gasteiger partial charge in [-0.2, -0.15) is 0 Å². The van der Waals surface area contributed by atoms with Crippen molar-refractivity contribution in [2.45, 2.75) is 52.0 Å². The Bertz CT molecular complexity index is 490. The molecule has 4 heteroatoms. The molecule has 1 fully saturated rings. The van der Waals surface area contributed by atoms with Crippen LogP contribution in [0.5, 0.6) is 0 Å². The van der Waals surface area contributed by atoms with Crippen LogP contribution in [0.2, 0.25) is 0 Å². The number of hydrogen-bond acceptors (Lipinski definition) is 2. The van der Waals surface area contributed by atoms with Crippen molar-refractivity contribution >= 4 is 11.6 Å². The van der Waals surface area contributed by atoms with Gasteiger partial charge in [0.15, 0.2) is 0 Å². The lowest BCUT2D eigenvalue weighted by atomic mass is 9.83. The molecule has 0 bridgehead atoms. The first kappa shape index (κ1) is 15.8. The molecule has 0 aromatic heterocycles. The molecule has 0 radical (unpaired) electrons. The molecule has 0 saturated heterocycles. The second-order valence-electron chi connectivity index (χ2n) is 5.73. The highest BCUT2D eigenvalue weighted by atomic mass is 19.1. The van der Waals surface area contributed by atoms with Crippen LogP contribution in [0.3, 0.4) is 0 Å². The fourth-order valence-electron chi connectivity index (χ4n) is 3.20. The molecule has 21 heavy (non-hydrogen) atoms. The highest BCUT2D eigenvalue weighted by Crippen LogP contribution is 2.28. The summed E-state index contributed by atoms with van der Waals surface area (Å²) in [6.07, 6.45) is 5.67. The number of para-hydroxylation sites is 1. The average Bonchev–Trinajstić information content (AvgIpc) is 2.50. The molecule has 2 N–H and O–H groups in total. The second-order valence-corrected chi connectivity index (χ2v) is 5.73. The Morgan fingerprint density at radius 3 is 2.76 bits per heavy atom. The average molecular weight is 292 g/mol. The van der Waals surface area contributed by atoms with E-state index in [4.69, 9.17) is 0 Å². The first-order valence-electron chi connectivity index (χ1n) is 8.00. The van der Waals surface area contributed by atoms with E-state index in [0.717, 1.165) is 19.3 Å². The van der Waals surface area contributed by atoms with Crippen LogP contribution in [-0.4, -0.2) is 18.5 Å². The normalized spacial score (nSPS) is 21.9. The molecular weight excluding hydrogens is 267 g/mol. The Balaban J connectivity index is 2.14. The molecule has 0 heterocycles. The minimum absolute atomic E-state index is 0.171. The van der Waals surface area contributed by atoms with Crippen molar-refractivity contribution in [2.24, 2.45) is 5.92 Å². The highest BCUT2D eigenvalue weighted by Gasteiger charge is 2.26. The van der Waals surface area contributed by atoms with Crippen molar-refractivity contribution in [2.75, 3.05) is 11.9 Å². The molecule has 1 aliphatic rings. The van der Waals surface area contributed by atoms with E-state index < -0.39 is 0 Å². The van der Waals surface area contributed by atoms with Gasteiger partial charge in [-0.15, -0.1) is 0 Å². The minimum Gasteiger partial charge on any atom is -0.382 e. The monoisotopic (exact) mass is 292 g/mol. The van der Waals surface area contributed by atoms with Gasteiger partial charge in [-0.1, -0.05) is 32.3 Å². The highest BCUT2D eigenvalue weighted by molar-refractivity contribution is 5.99. The lowest BCUT2D eigenvalue weighted by molar-refractivity contribution is 0.0905. The Labute approximate surface area is 126 Å². The summed E-state index contributed by atoms with van der Waals surface area (Å²) in [6.45, 7) is 4.64. The van der Waals surface area contributed by atoms with Crippen LogP contribution in [0.15, 0.2) is 18.2 Å². The molecular formula is C17H25FN2O. The molecule has 1 amide bonds. The maximum Gasteiger partial charge on any atom is 0.253 e. The zero-order valence-corrected chi connectivity index (χ0v) is 12.9. The number of hydrogen-bond donors (Lipinski definition) is 2. The summed E-state index contributed by atoms with van der Waals surface area (Å²) < 4.78 is 13.9. The van der Waals surface area contributed by atoms with E-state index in [1.807, 2.05) is 6.92 Å². The van der Waals surface area contributed by atoms with E-state index in [-0.39, 0.29) is 17.8 Å². The Morgan fingerprint density at radius 2 is 2.05 bits per heavy atom. The number of rotatable bonds is 5. The smallest absolute Gasteiger partial charge is 0.253 e. The van der Waals surface area contributed by atoms with Crippen molar-refractivity contribution < 1.29 is 9.18 Å². The number of halogens is 1. The Morgan fingerprint density at radius 1 is 1.29 bits per heavy atom. The maximum absolute atomic E-state index is 13.9. The maximum atomic E-state index is 13.9. The fraction of sp³-hybridized carbons (Fsp3) is 0.588. The number of amides is 1. The zero-order valence-electron chi connectivity index (χ0n) is 12.9. The second kappa shape index (κ2) is 7.43. The SMILES string of the molecule is CCNc1c(F)cccc1C(=O)NC1CCCCC1CC. The van der Waals surface area contributed by atoms with E-state index in [2.05, 4.69) is 17.6 Å². The molecule has 2 atom stereocenters. The molecule has 0 spiro atoms. The lowest BCUT2D eigenvalue weighted by Crippen LogP contribution is -2.42. The largest absolute Gasteiger partial charge is 0.382 e. The van der Waals surface area contributed by atoms with E-state index >= 15 is 0 Å². The predicted molar refractivity (Wildman–Crippen MR) is 84.1 cm³/mol. The zero-order chi connectivity index (χ0) is 15.2.